The van der Waals surface area contributed by atoms with E-state index in [1.54, 1.807) is 4.90 Å². The second kappa shape index (κ2) is 7.97. The molecular weight excluding hydrogens is 308 g/mol. The molecule has 0 bridgehead atoms. The lowest BCUT2D eigenvalue weighted by atomic mass is 9.99. The summed E-state index contributed by atoms with van der Waals surface area (Å²) < 4.78 is 10.7. The van der Waals surface area contributed by atoms with Crippen LogP contribution in [-0.4, -0.2) is 40.3 Å². The highest BCUT2D eigenvalue weighted by Crippen LogP contribution is 2.23. The normalized spacial score (nSPS) is 17.7. The van der Waals surface area contributed by atoms with Gasteiger partial charge in [0, 0.05) is 19.2 Å². The topological polar surface area (TPSA) is 75.8 Å². The zero-order valence-electron chi connectivity index (χ0n) is 13.6. The molecule has 1 saturated heterocycles. The van der Waals surface area contributed by atoms with E-state index in [9.17, 15) is 9.90 Å². The number of rotatable bonds is 6. The summed E-state index contributed by atoms with van der Waals surface area (Å²) in [7, 11) is 0. The van der Waals surface area contributed by atoms with Gasteiger partial charge in [0.2, 0.25) is 5.76 Å². The monoisotopic (exact) mass is 330 g/mol. The van der Waals surface area contributed by atoms with Crippen LogP contribution in [0.25, 0.3) is 0 Å². The van der Waals surface area contributed by atoms with Gasteiger partial charge in [-0.05, 0) is 36.4 Å². The summed E-state index contributed by atoms with van der Waals surface area (Å²) in [5.41, 5.74) is 1.02. The van der Waals surface area contributed by atoms with Crippen LogP contribution in [0.1, 0.15) is 41.8 Å². The highest BCUT2D eigenvalue weighted by molar-refractivity contribution is 5.92. The van der Waals surface area contributed by atoms with Gasteiger partial charge in [-0.15, -0.1) is 0 Å². The lowest BCUT2D eigenvalue weighted by Gasteiger charge is -2.34. The van der Waals surface area contributed by atoms with Crippen LogP contribution in [0, 0.1) is 0 Å². The van der Waals surface area contributed by atoms with Crippen LogP contribution < -0.4 is 4.74 Å². The summed E-state index contributed by atoms with van der Waals surface area (Å²) in [6.45, 7) is 1.14. The third-order valence-corrected chi connectivity index (χ3v) is 4.28. The average Bonchev–Trinajstić information content (AvgIpc) is 3.10. The minimum absolute atomic E-state index is 0.0648. The number of carbonyl (C=O) groups is 1. The van der Waals surface area contributed by atoms with Gasteiger partial charge in [-0.25, -0.2) is 0 Å². The fourth-order valence-electron chi connectivity index (χ4n) is 3.02. The van der Waals surface area contributed by atoms with Crippen molar-refractivity contribution in [2.75, 3.05) is 13.2 Å². The van der Waals surface area contributed by atoms with Crippen LogP contribution in [0.4, 0.5) is 0 Å². The number of aliphatic hydroxyl groups excluding tert-OH is 1. The fraction of sp³-hybridized carbons (Fsp3) is 0.444. The highest BCUT2D eigenvalue weighted by Gasteiger charge is 2.29. The molecule has 1 fully saturated rings. The summed E-state index contributed by atoms with van der Waals surface area (Å²) in [5.74, 6) is 0.302. The predicted molar refractivity (Wildman–Crippen MR) is 87.7 cm³/mol. The third-order valence-electron chi connectivity index (χ3n) is 4.28. The maximum absolute atomic E-state index is 12.6. The van der Waals surface area contributed by atoms with E-state index in [0.29, 0.717) is 25.5 Å². The molecule has 0 radical (unpaired) electrons. The molecule has 0 spiro atoms. The van der Waals surface area contributed by atoms with E-state index in [1.165, 1.54) is 6.07 Å². The predicted octanol–water partition coefficient (Wildman–Crippen LogP) is 2.63. The molecule has 128 valence electrons. The number of ether oxygens (including phenoxy) is 1. The Labute approximate surface area is 141 Å². The average molecular weight is 330 g/mol. The Bertz CT molecular complexity index is 654. The van der Waals surface area contributed by atoms with Gasteiger partial charge < -0.3 is 19.3 Å². The quantitative estimate of drug-likeness (QED) is 0.881. The van der Waals surface area contributed by atoms with Crippen molar-refractivity contribution in [3.63, 3.8) is 0 Å². The lowest BCUT2D eigenvalue weighted by molar-refractivity contribution is 0.0533. The molecule has 24 heavy (non-hydrogen) atoms. The minimum Gasteiger partial charge on any atom is -0.471 e. The van der Waals surface area contributed by atoms with Crippen molar-refractivity contribution in [3.8, 4) is 5.88 Å². The van der Waals surface area contributed by atoms with E-state index < -0.39 is 0 Å². The molecule has 0 aliphatic carbocycles. The largest absolute Gasteiger partial charge is 0.471 e. The Hall–Kier alpha value is -2.34. The summed E-state index contributed by atoms with van der Waals surface area (Å²) in [5, 5.41) is 13.0. The van der Waals surface area contributed by atoms with E-state index in [1.807, 2.05) is 30.3 Å². The summed E-state index contributed by atoms with van der Waals surface area (Å²) in [6.07, 6.45) is 3.56. The van der Waals surface area contributed by atoms with Gasteiger partial charge in [0.05, 0.1) is 6.07 Å². The van der Waals surface area contributed by atoms with E-state index in [-0.39, 0.29) is 24.3 Å². The molecule has 1 atom stereocenters. The summed E-state index contributed by atoms with van der Waals surface area (Å²) >= 11 is 0. The lowest BCUT2D eigenvalue weighted by Crippen LogP contribution is -2.44. The number of hydrogen-bond donors (Lipinski definition) is 1. The Kier molecular flexibility index (Phi) is 5.48. The number of hydrogen-bond acceptors (Lipinski definition) is 5. The van der Waals surface area contributed by atoms with Crippen LogP contribution in [-0.2, 0) is 6.61 Å². The number of carbonyl (C=O) groups excluding carboxylic acids is 1. The molecule has 1 amide bonds. The SMILES string of the molecule is O=C(c1cc(OCc2ccccc2)no1)N1CCCCC1CCO. The summed E-state index contributed by atoms with van der Waals surface area (Å²) in [4.78, 5) is 14.4. The summed E-state index contributed by atoms with van der Waals surface area (Å²) in [6, 6.07) is 11.3. The van der Waals surface area contributed by atoms with Crippen molar-refractivity contribution >= 4 is 5.91 Å². The molecule has 1 unspecified atom stereocenters. The Morgan fingerprint density at radius 3 is 2.96 bits per heavy atom. The molecule has 2 heterocycles. The smallest absolute Gasteiger partial charge is 0.292 e. The molecule has 1 aromatic heterocycles. The molecule has 3 rings (SSSR count). The number of nitrogens with zero attached hydrogens (tertiary/aromatic N) is 2. The van der Waals surface area contributed by atoms with E-state index >= 15 is 0 Å². The van der Waals surface area contributed by atoms with Crippen LogP contribution in [0.5, 0.6) is 5.88 Å². The van der Waals surface area contributed by atoms with Gasteiger partial charge in [0.25, 0.3) is 11.8 Å². The van der Waals surface area contributed by atoms with Crippen LogP contribution in [0.3, 0.4) is 0 Å². The van der Waals surface area contributed by atoms with Crippen molar-refractivity contribution in [1.82, 2.24) is 10.1 Å². The molecule has 1 N–H and O–H groups in total. The Morgan fingerprint density at radius 1 is 1.33 bits per heavy atom. The standard InChI is InChI=1S/C18H22N2O4/c21-11-9-15-8-4-5-10-20(15)18(22)16-12-17(19-24-16)23-13-14-6-2-1-3-7-14/h1-3,6-7,12,15,21H,4-5,8-11,13H2. The first-order valence-corrected chi connectivity index (χ1v) is 8.33. The van der Waals surface area contributed by atoms with Crippen molar-refractivity contribution in [2.45, 2.75) is 38.3 Å². The fourth-order valence-corrected chi connectivity index (χ4v) is 3.02. The van der Waals surface area contributed by atoms with Crippen molar-refractivity contribution in [2.24, 2.45) is 0 Å². The minimum atomic E-state index is -0.185. The number of piperidine rings is 1. The van der Waals surface area contributed by atoms with Crippen LogP contribution in [0.15, 0.2) is 40.9 Å². The second-order valence-electron chi connectivity index (χ2n) is 5.96. The molecule has 1 aliphatic heterocycles. The van der Waals surface area contributed by atoms with Crippen LogP contribution >= 0.6 is 0 Å². The number of amides is 1. The van der Waals surface area contributed by atoms with Gasteiger partial charge >= 0.3 is 0 Å². The zero-order valence-corrected chi connectivity index (χ0v) is 13.6. The van der Waals surface area contributed by atoms with E-state index in [2.05, 4.69) is 5.16 Å². The second-order valence-corrected chi connectivity index (χ2v) is 5.96. The Morgan fingerprint density at radius 2 is 2.17 bits per heavy atom. The van der Waals surface area contributed by atoms with Gasteiger partial charge in [0.15, 0.2) is 0 Å². The first-order chi connectivity index (χ1) is 11.8. The number of aromatic nitrogens is 1. The molecule has 1 aliphatic rings. The van der Waals surface area contributed by atoms with Gasteiger partial charge in [-0.1, -0.05) is 30.3 Å². The Balaban J connectivity index is 1.62. The van der Waals surface area contributed by atoms with Gasteiger partial charge in [-0.3, -0.25) is 4.79 Å². The van der Waals surface area contributed by atoms with Crippen molar-refractivity contribution in [1.29, 1.82) is 0 Å². The van der Waals surface area contributed by atoms with Gasteiger partial charge in [-0.2, -0.15) is 0 Å². The maximum atomic E-state index is 12.6. The highest BCUT2D eigenvalue weighted by atomic mass is 16.5. The zero-order chi connectivity index (χ0) is 16.8. The molecule has 1 aromatic carbocycles. The third kappa shape index (κ3) is 3.94. The molecule has 6 heteroatoms. The van der Waals surface area contributed by atoms with Crippen molar-refractivity contribution in [3.05, 3.63) is 47.7 Å². The molecular formula is C18H22N2O4. The number of aliphatic hydroxyl groups is 1. The van der Waals surface area contributed by atoms with Gasteiger partial charge in [0.1, 0.15) is 6.61 Å². The number of likely N-dealkylation sites (tertiary alicyclic amines) is 1. The molecule has 6 nitrogen and oxygen atoms in total. The molecule has 0 saturated carbocycles. The van der Waals surface area contributed by atoms with E-state index in [0.717, 1.165) is 24.8 Å². The number of benzene rings is 1. The maximum Gasteiger partial charge on any atom is 0.292 e. The first kappa shape index (κ1) is 16.5. The van der Waals surface area contributed by atoms with Crippen LogP contribution in [0.2, 0.25) is 0 Å². The molecule has 2 aromatic rings. The van der Waals surface area contributed by atoms with E-state index in [4.69, 9.17) is 9.26 Å². The van der Waals surface area contributed by atoms with Crippen molar-refractivity contribution < 1.29 is 19.2 Å². The first-order valence-electron chi connectivity index (χ1n) is 8.33.